The molecule has 2 aromatic heterocycles. The van der Waals surface area contributed by atoms with E-state index in [1.54, 1.807) is 18.3 Å². The van der Waals surface area contributed by atoms with Crippen LogP contribution in [-0.4, -0.2) is 41.8 Å². The highest BCUT2D eigenvalue weighted by Gasteiger charge is 2.19. The monoisotopic (exact) mass is 392 g/mol. The predicted octanol–water partition coefficient (Wildman–Crippen LogP) is 2.81. The van der Waals surface area contributed by atoms with Crippen molar-refractivity contribution in [1.29, 1.82) is 0 Å². The molecule has 0 spiro atoms. The van der Waals surface area contributed by atoms with E-state index in [1.807, 2.05) is 42.7 Å². The largest absolute Gasteiger partial charge is 0.378 e. The Morgan fingerprint density at radius 1 is 1.17 bits per heavy atom. The molecule has 1 fully saturated rings. The molecule has 0 radical (unpaired) electrons. The van der Waals surface area contributed by atoms with Crippen molar-refractivity contribution >= 4 is 28.3 Å². The molecule has 7 nitrogen and oxygen atoms in total. The van der Waals surface area contributed by atoms with Crippen LogP contribution < -0.4 is 15.6 Å². The molecule has 3 aromatic rings. The number of amides is 1. The van der Waals surface area contributed by atoms with Gasteiger partial charge in [-0.05, 0) is 38.1 Å². The molecule has 150 valence electrons. The lowest BCUT2D eigenvalue weighted by Gasteiger charge is -2.30. The highest BCUT2D eigenvalue weighted by atomic mass is 16.5. The Morgan fingerprint density at radius 2 is 1.93 bits per heavy atom. The lowest BCUT2D eigenvalue weighted by molar-refractivity contribution is 0.102. The summed E-state index contributed by atoms with van der Waals surface area (Å²) in [6, 6.07) is 11.2. The van der Waals surface area contributed by atoms with Crippen LogP contribution in [0.3, 0.4) is 0 Å². The van der Waals surface area contributed by atoms with Crippen molar-refractivity contribution in [2.75, 3.05) is 36.5 Å². The molecule has 0 bridgehead atoms. The molecule has 1 aliphatic heterocycles. The smallest absolute Gasteiger partial charge is 0.261 e. The zero-order valence-corrected chi connectivity index (χ0v) is 16.6. The van der Waals surface area contributed by atoms with Gasteiger partial charge >= 0.3 is 0 Å². The number of nitrogens with zero attached hydrogens (tertiary/aromatic N) is 3. The van der Waals surface area contributed by atoms with Crippen molar-refractivity contribution in [1.82, 2.24) is 9.55 Å². The number of fused-ring (bicyclic) bond motifs is 1. The van der Waals surface area contributed by atoms with Crippen LogP contribution in [0.2, 0.25) is 0 Å². The summed E-state index contributed by atoms with van der Waals surface area (Å²) in [6.45, 7) is 7.28. The number of aromatic nitrogens is 2. The minimum atomic E-state index is -0.416. The SMILES string of the molecule is CCn1cc(C(=O)Nc2ccccc2N2CCOCC2)c(=O)c2ccc(C)nc21. The summed E-state index contributed by atoms with van der Waals surface area (Å²) in [6.07, 6.45) is 1.60. The number of anilines is 2. The maximum atomic E-state index is 13.1. The third-order valence-corrected chi connectivity index (χ3v) is 5.15. The summed E-state index contributed by atoms with van der Waals surface area (Å²) in [5.41, 5.74) is 2.85. The van der Waals surface area contributed by atoms with Gasteiger partial charge in [-0.25, -0.2) is 4.98 Å². The molecule has 0 atom stereocenters. The average Bonchev–Trinajstić information content (AvgIpc) is 2.75. The molecule has 3 heterocycles. The molecular formula is C22H24N4O3. The van der Waals surface area contributed by atoms with Gasteiger partial charge in [-0.2, -0.15) is 0 Å². The second kappa shape index (κ2) is 8.05. The molecule has 1 amide bonds. The molecule has 29 heavy (non-hydrogen) atoms. The first-order valence-corrected chi connectivity index (χ1v) is 9.82. The van der Waals surface area contributed by atoms with E-state index in [-0.39, 0.29) is 11.0 Å². The van der Waals surface area contributed by atoms with Gasteiger partial charge in [0.05, 0.1) is 30.0 Å². The van der Waals surface area contributed by atoms with Gasteiger partial charge in [0.25, 0.3) is 5.91 Å². The zero-order chi connectivity index (χ0) is 20.4. The summed E-state index contributed by atoms with van der Waals surface area (Å²) in [7, 11) is 0. The summed E-state index contributed by atoms with van der Waals surface area (Å²) < 4.78 is 7.26. The Bertz CT molecular complexity index is 1120. The van der Waals surface area contributed by atoms with E-state index in [0.29, 0.717) is 36.5 Å². The van der Waals surface area contributed by atoms with Crippen LogP contribution in [0.5, 0.6) is 0 Å². The van der Waals surface area contributed by atoms with Crippen molar-refractivity contribution in [3.63, 3.8) is 0 Å². The molecular weight excluding hydrogens is 368 g/mol. The zero-order valence-electron chi connectivity index (χ0n) is 16.6. The van der Waals surface area contributed by atoms with Crippen molar-refractivity contribution < 1.29 is 9.53 Å². The number of rotatable bonds is 4. The van der Waals surface area contributed by atoms with E-state index in [1.165, 1.54) is 0 Å². The normalized spacial score (nSPS) is 14.2. The Kier molecular flexibility index (Phi) is 5.31. The number of pyridine rings is 2. The third kappa shape index (κ3) is 3.73. The van der Waals surface area contributed by atoms with E-state index >= 15 is 0 Å². The van der Waals surface area contributed by atoms with E-state index in [4.69, 9.17) is 4.74 Å². The van der Waals surface area contributed by atoms with Crippen LogP contribution in [0.15, 0.2) is 47.4 Å². The molecule has 0 unspecified atom stereocenters. The highest BCUT2D eigenvalue weighted by Crippen LogP contribution is 2.26. The minimum absolute atomic E-state index is 0.113. The lowest BCUT2D eigenvalue weighted by atomic mass is 10.1. The van der Waals surface area contributed by atoms with Crippen LogP contribution in [-0.2, 0) is 11.3 Å². The lowest BCUT2D eigenvalue weighted by Crippen LogP contribution is -2.37. The van der Waals surface area contributed by atoms with Crippen LogP contribution in [0.25, 0.3) is 11.0 Å². The number of nitrogens with one attached hydrogen (secondary N) is 1. The minimum Gasteiger partial charge on any atom is -0.378 e. The van der Waals surface area contributed by atoms with Crippen LogP contribution in [0.1, 0.15) is 23.0 Å². The fourth-order valence-electron chi connectivity index (χ4n) is 3.61. The quantitative estimate of drug-likeness (QED) is 0.739. The van der Waals surface area contributed by atoms with Gasteiger partial charge in [0.2, 0.25) is 5.43 Å². The van der Waals surface area contributed by atoms with E-state index < -0.39 is 5.91 Å². The van der Waals surface area contributed by atoms with Gasteiger partial charge in [0.15, 0.2) is 0 Å². The number of benzene rings is 1. The number of hydrogen-bond acceptors (Lipinski definition) is 5. The van der Waals surface area contributed by atoms with Crippen molar-refractivity contribution in [3.8, 4) is 0 Å². The first-order chi connectivity index (χ1) is 14.1. The Hall–Kier alpha value is -3.19. The van der Waals surface area contributed by atoms with Gasteiger partial charge in [-0.15, -0.1) is 0 Å². The second-order valence-corrected chi connectivity index (χ2v) is 7.05. The third-order valence-electron chi connectivity index (χ3n) is 5.15. The molecule has 0 aliphatic carbocycles. The number of aryl methyl sites for hydroxylation is 2. The van der Waals surface area contributed by atoms with Gasteiger partial charge < -0.3 is 19.5 Å². The fourth-order valence-corrected chi connectivity index (χ4v) is 3.61. The number of hydrogen-bond donors (Lipinski definition) is 1. The van der Waals surface area contributed by atoms with E-state index in [2.05, 4.69) is 15.2 Å². The maximum absolute atomic E-state index is 13.1. The van der Waals surface area contributed by atoms with Gasteiger partial charge in [-0.1, -0.05) is 12.1 Å². The van der Waals surface area contributed by atoms with Crippen molar-refractivity contribution in [2.45, 2.75) is 20.4 Å². The molecule has 1 N–H and O–H groups in total. The number of para-hydroxylation sites is 2. The Morgan fingerprint density at radius 3 is 2.69 bits per heavy atom. The van der Waals surface area contributed by atoms with Crippen LogP contribution in [0, 0.1) is 6.92 Å². The first-order valence-electron chi connectivity index (χ1n) is 9.82. The topological polar surface area (TPSA) is 76.5 Å². The molecule has 1 saturated heterocycles. The molecule has 0 saturated carbocycles. The average molecular weight is 392 g/mol. The fraction of sp³-hybridized carbons (Fsp3) is 0.318. The van der Waals surface area contributed by atoms with E-state index in [9.17, 15) is 9.59 Å². The summed E-state index contributed by atoms with van der Waals surface area (Å²) >= 11 is 0. The molecule has 7 heteroatoms. The predicted molar refractivity (Wildman–Crippen MR) is 114 cm³/mol. The molecule has 1 aromatic carbocycles. The maximum Gasteiger partial charge on any atom is 0.261 e. The first kappa shape index (κ1) is 19.1. The number of carbonyl (C=O) groups is 1. The van der Waals surface area contributed by atoms with Gasteiger partial charge in [-0.3, -0.25) is 9.59 Å². The highest BCUT2D eigenvalue weighted by molar-refractivity contribution is 6.07. The summed E-state index contributed by atoms with van der Waals surface area (Å²) in [5, 5.41) is 3.39. The van der Waals surface area contributed by atoms with Gasteiger partial charge in [0.1, 0.15) is 11.2 Å². The van der Waals surface area contributed by atoms with Crippen LogP contribution >= 0.6 is 0 Å². The molecule has 4 rings (SSSR count). The Labute approximate surface area is 168 Å². The van der Waals surface area contributed by atoms with Crippen LogP contribution in [0.4, 0.5) is 11.4 Å². The van der Waals surface area contributed by atoms with Crippen molar-refractivity contribution in [3.05, 3.63) is 64.1 Å². The second-order valence-electron chi connectivity index (χ2n) is 7.05. The standard InChI is InChI=1S/C22H24N4O3/c1-3-25-14-17(20(27)16-9-8-15(2)23-21(16)25)22(28)24-18-6-4-5-7-19(18)26-10-12-29-13-11-26/h4-9,14H,3,10-13H2,1-2H3,(H,24,28). The number of carbonyl (C=O) groups excluding carboxylic acids is 1. The Balaban J connectivity index is 1.71. The van der Waals surface area contributed by atoms with E-state index in [0.717, 1.165) is 24.5 Å². The molecule has 1 aliphatic rings. The van der Waals surface area contributed by atoms with Crippen molar-refractivity contribution in [2.24, 2.45) is 0 Å². The van der Waals surface area contributed by atoms with Gasteiger partial charge in [0, 0.05) is 31.5 Å². The number of morpholine rings is 1. The summed E-state index contributed by atoms with van der Waals surface area (Å²) in [5.74, 6) is -0.416. The summed E-state index contributed by atoms with van der Waals surface area (Å²) in [4.78, 5) is 32.7. The number of ether oxygens (including phenoxy) is 1.